The Morgan fingerprint density at radius 1 is 1.43 bits per heavy atom. The number of methoxy groups -OCH3 is 2. The molecule has 3 N–H and O–H groups in total. The summed E-state index contributed by atoms with van der Waals surface area (Å²) in [5.41, 5.74) is 7.77. The van der Waals surface area contributed by atoms with Crippen LogP contribution in [0.2, 0.25) is 0 Å². The highest BCUT2D eigenvalue weighted by atomic mass is 16.7. The minimum Gasteiger partial charge on any atom is -0.493 e. The van der Waals surface area contributed by atoms with Gasteiger partial charge in [0.15, 0.2) is 11.5 Å². The maximum absolute atomic E-state index is 11.8. The van der Waals surface area contributed by atoms with Crippen LogP contribution in [0.15, 0.2) is 23.6 Å². The third-order valence-electron chi connectivity index (χ3n) is 4.58. The number of allylic oxidation sites excluding steroid dienone is 1. The van der Waals surface area contributed by atoms with Crippen LogP contribution in [-0.4, -0.2) is 37.2 Å². The Labute approximate surface area is 159 Å². The number of H-pyrrole nitrogens is 1. The van der Waals surface area contributed by atoms with Gasteiger partial charge in [-0.05, 0) is 17.7 Å². The van der Waals surface area contributed by atoms with Gasteiger partial charge in [-0.25, -0.2) is 0 Å². The van der Waals surface area contributed by atoms with Crippen molar-refractivity contribution in [2.75, 3.05) is 21.0 Å². The number of nitrogens with two attached hydrogens (primary N) is 1. The number of nitrogens with zero attached hydrogens (tertiary/aromatic N) is 2. The number of ether oxygens (including phenoxy) is 5. The summed E-state index contributed by atoms with van der Waals surface area (Å²) in [6.07, 6.45) is -0.0704. The lowest BCUT2D eigenvalue weighted by atomic mass is 9.83. The molecule has 10 nitrogen and oxygen atoms in total. The van der Waals surface area contributed by atoms with Gasteiger partial charge >= 0.3 is 5.97 Å². The topological polar surface area (TPSA) is 142 Å². The van der Waals surface area contributed by atoms with Crippen molar-refractivity contribution >= 4 is 5.97 Å². The van der Waals surface area contributed by atoms with Crippen LogP contribution in [0, 0.1) is 11.3 Å². The van der Waals surface area contributed by atoms with Crippen LogP contribution in [0.25, 0.3) is 0 Å². The van der Waals surface area contributed by atoms with Crippen molar-refractivity contribution in [1.29, 1.82) is 5.26 Å². The molecule has 0 spiro atoms. The van der Waals surface area contributed by atoms with E-state index in [0.717, 1.165) is 0 Å². The Balaban J connectivity index is 1.90. The summed E-state index contributed by atoms with van der Waals surface area (Å²) in [4.78, 5) is 11.8. The highest BCUT2D eigenvalue weighted by Crippen LogP contribution is 2.48. The van der Waals surface area contributed by atoms with Crippen LogP contribution in [0.5, 0.6) is 23.1 Å². The van der Waals surface area contributed by atoms with Crippen molar-refractivity contribution in [1.82, 2.24) is 10.2 Å². The van der Waals surface area contributed by atoms with Gasteiger partial charge in [-0.3, -0.25) is 9.89 Å². The van der Waals surface area contributed by atoms with Gasteiger partial charge in [0.05, 0.1) is 37.8 Å². The van der Waals surface area contributed by atoms with Crippen LogP contribution in [0.1, 0.15) is 22.7 Å². The summed E-state index contributed by atoms with van der Waals surface area (Å²) < 4.78 is 26.5. The molecule has 1 atom stereocenters. The first-order valence-corrected chi connectivity index (χ1v) is 8.26. The summed E-state index contributed by atoms with van der Waals surface area (Å²) in [7, 11) is 2.80. The van der Waals surface area contributed by atoms with E-state index in [4.69, 9.17) is 29.4 Å². The molecule has 0 aliphatic carbocycles. The zero-order valence-corrected chi connectivity index (χ0v) is 15.1. The molecule has 0 radical (unpaired) electrons. The first kappa shape index (κ1) is 17.5. The first-order valence-electron chi connectivity index (χ1n) is 8.26. The molecular formula is C18H16N4O6. The fraction of sp³-hybridized carbons (Fsp3) is 0.278. The van der Waals surface area contributed by atoms with Crippen molar-refractivity contribution in [3.05, 3.63) is 40.4 Å². The van der Waals surface area contributed by atoms with Crippen LogP contribution in [0.4, 0.5) is 0 Å². The van der Waals surface area contributed by atoms with E-state index in [-0.39, 0.29) is 30.5 Å². The maximum atomic E-state index is 11.8. The second-order valence-corrected chi connectivity index (χ2v) is 6.06. The molecule has 28 heavy (non-hydrogen) atoms. The Bertz CT molecular complexity index is 1040. The SMILES string of the molecule is COC(=O)Cc1[nH]nc2c1[C@H](c1cc(OC)c3c(c1)OCO3)C(C#N)=C(N)O2. The van der Waals surface area contributed by atoms with Crippen molar-refractivity contribution in [2.45, 2.75) is 12.3 Å². The van der Waals surface area contributed by atoms with E-state index in [2.05, 4.69) is 16.3 Å². The number of aromatic nitrogens is 2. The van der Waals surface area contributed by atoms with E-state index in [1.807, 2.05) is 0 Å². The molecule has 4 rings (SSSR count). The predicted octanol–water partition coefficient (Wildman–Crippen LogP) is 1.08. The van der Waals surface area contributed by atoms with Gasteiger partial charge < -0.3 is 29.4 Å². The monoisotopic (exact) mass is 384 g/mol. The fourth-order valence-corrected chi connectivity index (χ4v) is 3.31. The van der Waals surface area contributed by atoms with E-state index in [1.54, 1.807) is 12.1 Å². The lowest BCUT2D eigenvalue weighted by Gasteiger charge is -2.24. The zero-order valence-electron chi connectivity index (χ0n) is 15.1. The number of benzene rings is 1. The number of carbonyl (C=O) groups excluding carboxylic acids is 1. The summed E-state index contributed by atoms with van der Waals surface area (Å²) in [6.45, 7) is 0.0660. The quantitative estimate of drug-likeness (QED) is 0.740. The van der Waals surface area contributed by atoms with Crippen LogP contribution < -0.4 is 24.7 Å². The van der Waals surface area contributed by atoms with Crippen molar-refractivity contribution in [3.8, 4) is 29.2 Å². The second-order valence-electron chi connectivity index (χ2n) is 6.06. The van der Waals surface area contributed by atoms with E-state index in [9.17, 15) is 10.1 Å². The molecule has 0 amide bonds. The van der Waals surface area contributed by atoms with Gasteiger partial charge in [-0.2, -0.15) is 5.26 Å². The molecule has 0 fully saturated rings. The summed E-state index contributed by atoms with van der Waals surface area (Å²) in [5.74, 6) is 0.439. The third kappa shape index (κ3) is 2.64. The number of hydrogen-bond donors (Lipinski definition) is 2. The number of hydrogen-bond acceptors (Lipinski definition) is 9. The number of esters is 1. The smallest absolute Gasteiger partial charge is 0.311 e. The maximum Gasteiger partial charge on any atom is 0.311 e. The van der Waals surface area contributed by atoms with Gasteiger partial charge in [0, 0.05) is 0 Å². The largest absolute Gasteiger partial charge is 0.493 e. The Morgan fingerprint density at radius 2 is 2.25 bits per heavy atom. The van der Waals surface area contributed by atoms with Gasteiger partial charge in [-0.1, -0.05) is 0 Å². The van der Waals surface area contributed by atoms with Gasteiger partial charge in [0.1, 0.15) is 11.6 Å². The van der Waals surface area contributed by atoms with Crippen LogP contribution >= 0.6 is 0 Å². The Hall–Kier alpha value is -3.87. The van der Waals surface area contributed by atoms with E-state index >= 15 is 0 Å². The minimum absolute atomic E-state index is 0.0623. The molecule has 2 aliphatic heterocycles. The van der Waals surface area contributed by atoms with E-state index < -0.39 is 11.9 Å². The van der Waals surface area contributed by atoms with Gasteiger partial charge in [0.2, 0.25) is 24.3 Å². The van der Waals surface area contributed by atoms with Crippen molar-refractivity contribution < 1.29 is 28.5 Å². The molecule has 0 bridgehead atoms. The minimum atomic E-state index is -0.643. The Kier molecular flexibility index (Phi) is 4.19. The lowest BCUT2D eigenvalue weighted by molar-refractivity contribution is -0.139. The number of rotatable bonds is 4. The predicted molar refractivity (Wildman–Crippen MR) is 92.7 cm³/mol. The molecule has 0 unspecified atom stereocenters. The van der Waals surface area contributed by atoms with E-state index in [0.29, 0.717) is 34.1 Å². The van der Waals surface area contributed by atoms with E-state index in [1.165, 1.54) is 14.2 Å². The molecule has 3 heterocycles. The van der Waals surface area contributed by atoms with Crippen molar-refractivity contribution in [3.63, 3.8) is 0 Å². The third-order valence-corrected chi connectivity index (χ3v) is 4.58. The van der Waals surface area contributed by atoms with Crippen LogP contribution in [-0.2, 0) is 16.0 Å². The summed E-state index contributed by atoms with van der Waals surface area (Å²) in [5, 5.41) is 16.6. The van der Waals surface area contributed by atoms with Gasteiger partial charge in [0.25, 0.3) is 0 Å². The van der Waals surface area contributed by atoms with Crippen molar-refractivity contribution in [2.24, 2.45) is 5.73 Å². The Morgan fingerprint density at radius 3 is 2.96 bits per heavy atom. The number of aromatic amines is 1. The molecular weight excluding hydrogens is 368 g/mol. The second kappa shape index (κ2) is 6.70. The average Bonchev–Trinajstić information content (AvgIpc) is 3.32. The highest BCUT2D eigenvalue weighted by Gasteiger charge is 2.37. The molecule has 1 aromatic carbocycles. The highest BCUT2D eigenvalue weighted by molar-refractivity contribution is 5.73. The number of nitrogens with one attached hydrogen (secondary N) is 1. The molecule has 1 aromatic heterocycles. The normalized spacial score (nSPS) is 16.8. The summed E-state index contributed by atoms with van der Waals surface area (Å²) >= 11 is 0. The molecule has 10 heteroatoms. The molecule has 144 valence electrons. The van der Waals surface area contributed by atoms with Gasteiger partial charge in [-0.15, -0.1) is 5.10 Å². The summed E-state index contributed by atoms with van der Waals surface area (Å²) in [6, 6.07) is 5.56. The standard InChI is InChI=1S/C18H16N4O6/c1-24-11-3-8(4-12-16(11)27-7-26-12)14-9(6-19)17(20)28-18-15(14)10(21-22-18)5-13(23)25-2/h3-4,14H,5,7,20H2,1-2H3,(H,21,22)/t14-/m1/s1. The van der Waals surface area contributed by atoms with Crippen LogP contribution in [0.3, 0.4) is 0 Å². The zero-order chi connectivity index (χ0) is 19.8. The number of fused-ring (bicyclic) bond motifs is 2. The molecule has 0 saturated heterocycles. The fourth-order valence-electron chi connectivity index (χ4n) is 3.31. The molecule has 2 aliphatic rings. The number of carbonyl (C=O) groups is 1. The lowest BCUT2D eigenvalue weighted by Crippen LogP contribution is -2.22. The first-order chi connectivity index (χ1) is 13.6. The number of nitriles is 1. The average molecular weight is 384 g/mol. The molecule has 2 aromatic rings. The molecule has 0 saturated carbocycles.